The molecule has 0 bridgehead atoms. The highest BCUT2D eigenvalue weighted by Gasteiger charge is 2.31. The monoisotopic (exact) mass is 466 g/mol. The predicted octanol–water partition coefficient (Wildman–Crippen LogP) is 4.63. The van der Waals surface area contributed by atoms with Crippen LogP contribution in [0, 0.1) is 0 Å². The molecule has 1 atom stereocenters. The topological polar surface area (TPSA) is 95.2 Å². The van der Waals surface area contributed by atoms with E-state index in [1.807, 2.05) is 24.3 Å². The quantitative estimate of drug-likeness (QED) is 0.398. The number of para-hydroxylation sites is 1. The Hall–Kier alpha value is -3.63. The molecule has 3 heterocycles. The number of aromatic nitrogens is 3. The minimum Gasteiger partial charge on any atom is -0.612 e. The predicted molar refractivity (Wildman–Crippen MR) is 117 cm³/mol. The number of hydrogen-bond acceptors (Lipinski definition) is 6. The highest BCUT2D eigenvalue weighted by atomic mass is 32.2. The van der Waals surface area contributed by atoms with Crippen molar-refractivity contribution in [2.75, 3.05) is 11.2 Å². The lowest BCUT2D eigenvalue weighted by molar-refractivity contribution is 0.0996. The fourth-order valence-corrected chi connectivity index (χ4v) is 4.25. The average Bonchev–Trinajstić information content (AvgIpc) is 3.44. The number of carbonyl (C=O) groups excluding carboxylic acids is 1. The van der Waals surface area contributed by atoms with E-state index in [9.17, 15) is 18.1 Å². The largest absolute Gasteiger partial charge is 0.612 e. The van der Waals surface area contributed by atoms with E-state index in [-0.39, 0.29) is 11.8 Å². The van der Waals surface area contributed by atoms with Crippen LogP contribution < -0.4 is 4.90 Å². The summed E-state index contributed by atoms with van der Waals surface area (Å²) in [5.74, 6) is -1.08. The van der Waals surface area contributed by atoms with Crippen LogP contribution in [0.25, 0.3) is 22.6 Å². The number of benzene rings is 2. The maximum atomic E-state index is 13.3. The lowest BCUT2D eigenvalue weighted by atomic mass is 10.0. The van der Waals surface area contributed by atoms with Gasteiger partial charge in [-0.2, -0.15) is 8.78 Å². The van der Waals surface area contributed by atoms with Gasteiger partial charge in [-0.1, -0.05) is 24.3 Å². The highest BCUT2D eigenvalue weighted by molar-refractivity contribution is 7.90. The van der Waals surface area contributed by atoms with Crippen molar-refractivity contribution in [1.82, 2.24) is 15.2 Å². The molecule has 1 unspecified atom stereocenters. The normalized spacial score (nSPS) is 14.1. The summed E-state index contributed by atoms with van der Waals surface area (Å²) in [6.45, 7) is 0.338. The molecule has 7 nitrogen and oxygen atoms in total. The first kappa shape index (κ1) is 21.2. The van der Waals surface area contributed by atoms with Crippen LogP contribution in [0.15, 0.2) is 70.2 Å². The average molecular weight is 466 g/mol. The number of fused-ring (bicyclic) bond motifs is 1. The second kappa shape index (κ2) is 8.38. The van der Waals surface area contributed by atoms with Gasteiger partial charge in [-0.25, -0.2) is 0 Å². The molecule has 10 heteroatoms. The van der Waals surface area contributed by atoms with E-state index in [0.717, 1.165) is 16.7 Å². The molecule has 5 rings (SSSR count). The summed E-state index contributed by atoms with van der Waals surface area (Å²) in [5.41, 5.74) is 3.80. The molecule has 0 fully saturated rings. The number of anilines is 1. The summed E-state index contributed by atoms with van der Waals surface area (Å²) in [4.78, 5) is 19.7. The van der Waals surface area contributed by atoms with Gasteiger partial charge in [-0.15, -0.1) is 10.2 Å². The molecule has 1 aliphatic heterocycles. The van der Waals surface area contributed by atoms with Gasteiger partial charge in [0.25, 0.3) is 11.8 Å². The second-order valence-corrected chi connectivity index (χ2v) is 8.77. The van der Waals surface area contributed by atoms with Gasteiger partial charge >= 0.3 is 6.43 Å². The molecule has 0 aliphatic carbocycles. The molecular formula is C23H16F2N4O3S. The van der Waals surface area contributed by atoms with Crippen LogP contribution >= 0.6 is 0 Å². The van der Waals surface area contributed by atoms with Gasteiger partial charge in [0, 0.05) is 34.5 Å². The van der Waals surface area contributed by atoms with Crippen LogP contribution in [-0.4, -0.2) is 31.9 Å². The Kier molecular flexibility index (Phi) is 5.39. The Morgan fingerprint density at radius 1 is 1.06 bits per heavy atom. The third kappa shape index (κ3) is 3.87. The van der Waals surface area contributed by atoms with E-state index in [4.69, 9.17) is 4.42 Å². The van der Waals surface area contributed by atoms with Crippen LogP contribution in [0.3, 0.4) is 0 Å². The number of hydrogen-bond donors (Lipinski definition) is 0. The summed E-state index contributed by atoms with van der Waals surface area (Å²) >= 11 is -1.19. The van der Waals surface area contributed by atoms with E-state index in [2.05, 4.69) is 15.2 Å². The van der Waals surface area contributed by atoms with Crippen molar-refractivity contribution in [2.45, 2.75) is 17.9 Å². The first-order chi connectivity index (χ1) is 15.9. The lowest BCUT2D eigenvalue weighted by Gasteiger charge is -2.20. The highest BCUT2D eigenvalue weighted by Crippen LogP contribution is 2.37. The summed E-state index contributed by atoms with van der Waals surface area (Å²) in [6.07, 6.45) is 1.93. The number of carbonyl (C=O) groups is 1. The number of nitrogens with zero attached hydrogens (tertiary/aromatic N) is 4. The zero-order chi connectivity index (χ0) is 23.1. The minimum absolute atomic E-state index is 0.0739. The van der Waals surface area contributed by atoms with Gasteiger partial charge in [0.15, 0.2) is 4.90 Å². The van der Waals surface area contributed by atoms with Gasteiger partial charge in [-0.05, 0) is 34.9 Å². The zero-order valence-corrected chi connectivity index (χ0v) is 18.1. The maximum absolute atomic E-state index is 13.3. The molecule has 0 radical (unpaired) electrons. The van der Waals surface area contributed by atoms with Crippen molar-refractivity contribution >= 4 is 22.8 Å². The zero-order valence-electron chi connectivity index (χ0n) is 17.2. The lowest BCUT2D eigenvalue weighted by Crippen LogP contribution is -2.23. The van der Waals surface area contributed by atoms with Crippen LogP contribution in [0.1, 0.15) is 28.2 Å². The van der Waals surface area contributed by atoms with Gasteiger partial charge in [0.2, 0.25) is 5.89 Å². The number of pyridine rings is 1. The van der Waals surface area contributed by atoms with E-state index in [1.54, 1.807) is 47.8 Å². The smallest absolute Gasteiger partial charge is 0.314 e. The Balaban J connectivity index is 1.50. The minimum atomic E-state index is -2.87. The Bertz CT molecular complexity index is 1360. The van der Waals surface area contributed by atoms with Crippen molar-refractivity contribution in [1.29, 1.82) is 0 Å². The Labute approximate surface area is 190 Å². The van der Waals surface area contributed by atoms with Crippen molar-refractivity contribution < 1.29 is 22.5 Å². The van der Waals surface area contributed by atoms with Crippen molar-refractivity contribution in [3.05, 3.63) is 77.9 Å². The van der Waals surface area contributed by atoms with Crippen LogP contribution in [0.5, 0.6) is 0 Å². The first-order valence-corrected chi connectivity index (χ1v) is 11.4. The summed E-state index contributed by atoms with van der Waals surface area (Å²) in [5, 5.41) is 7.00. The number of halogens is 2. The Morgan fingerprint density at radius 2 is 1.88 bits per heavy atom. The van der Waals surface area contributed by atoms with Crippen LogP contribution in [-0.2, 0) is 17.7 Å². The Morgan fingerprint density at radius 3 is 2.64 bits per heavy atom. The van der Waals surface area contributed by atoms with Gasteiger partial charge in [0.05, 0.1) is 18.4 Å². The van der Waals surface area contributed by atoms with E-state index >= 15 is 0 Å². The van der Waals surface area contributed by atoms with Crippen molar-refractivity contribution in [3.63, 3.8) is 0 Å². The molecule has 2 aromatic carbocycles. The maximum Gasteiger partial charge on any atom is 0.314 e. The molecule has 4 aromatic rings. The van der Waals surface area contributed by atoms with Crippen molar-refractivity contribution in [2.24, 2.45) is 0 Å². The number of alkyl halides is 2. The third-order valence-corrected chi connectivity index (χ3v) is 6.23. The van der Waals surface area contributed by atoms with E-state index in [1.165, 1.54) is 0 Å². The molecule has 166 valence electrons. The van der Waals surface area contributed by atoms with Crippen molar-refractivity contribution in [3.8, 4) is 22.6 Å². The fourth-order valence-electron chi connectivity index (χ4n) is 3.74. The molecule has 0 N–H and O–H groups in total. The molecule has 0 saturated carbocycles. The SMILES string of the molecule is C[S+]([O-])c1cncc(-c2ccccc2N2Cc3ccc(-c4nnc(C(F)F)o4)cc3C2=O)c1. The van der Waals surface area contributed by atoms with Gasteiger partial charge < -0.3 is 13.9 Å². The standard InChI is InChI=1S/C23H16F2N4O3S/c1-33(31)16-8-15(10-26-11-16)17-4-2-3-5-19(17)29-12-14-7-6-13(9-18(14)23(29)30)21-27-28-22(32-21)20(24)25/h2-11,20H,12H2,1H3. The van der Waals surface area contributed by atoms with Gasteiger partial charge in [0.1, 0.15) is 6.26 Å². The summed E-state index contributed by atoms with van der Waals surface area (Å²) in [6, 6.07) is 14.2. The van der Waals surface area contributed by atoms with Crippen LogP contribution in [0.4, 0.5) is 14.5 Å². The third-order valence-electron chi connectivity index (χ3n) is 5.34. The molecule has 1 aliphatic rings. The summed E-state index contributed by atoms with van der Waals surface area (Å²) in [7, 11) is 0. The summed E-state index contributed by atoms with van der Waals surface area (Å²) < 4.78 is 42.5. The number of amides is 1. The number of rotatable bonds is 5. The van der Waals surface area contributed by atoms with E-state index < -0.39 is 23.5 Å². The molecule has 33 heavy (non-hydrogen) atoms. The molecule has 0 spiro atoms. The first-order valence-electron chi connectivity index (χ1n) is 9.87. The molecule has 1 amide bonds. The molecule has 0 saturated heterocycles. The van der Waals surface area contributed by atoms with Crippen LogP contribution in [0.2, 0.25) is 0 Å². The molecular weight excluding hydrogens is 450 g/mol. The van der Waals surface area contributed by atoms with Gasteiger partial charge in [-0.3, -0.25) is 9.78 Å². The fraction of sp³-hybridized carbons (Fsp3) is 0.130. The molecule has 2 aromatic heterocycles. The second-order valence-electron chi connectivity index (χ2n) is 7.39. The van der Waals surface area contributed by atoms with E-state index in [0.29, 0.717) is 28.3 Å².